The van der Waals surface area contributed by atoms with Gasteiger partial charge in [-0.15, -0.1) is 0 Å². The lowest BCUT2D eigenvalue weighted by Gasteiger charge is -2.17. The van der Waals surface area contributed by atoms with Gasteiger partial charge in [-0.25, -0.2) is 19.1 Å². The largest absolute Gasteiger partial charge is 0.472 e. The number of aliphatic hydroxyl groups is 4. The van der Waals surface area contributed by atoms with E-state index in [1.165, 1.54) is 21.8 Å². The maximum atomic E-state index is 12.4. The monoisotopic (exact) mass is 956 g/mol. The number of unbranched alkanes of at least 4 members (excludes halogenated alkanes) is 6. The van der Waals surface area contributed by atoms with Gasteiger partial charge in [-0.2, -0.15) is 9.97 Å². The number of anilines is 2. The lowest BCUT2D eigenvalue weighted by atomic mass is 10.1. The summed E-state index contributed by atoms with van der Waals surface area (Å²) in [5, 5.41) is 42.1. The molecular formula is C32H50N10O16P2S2. The maximum Gasteiger partial charge on any atom is 0.472 e. The number of fused-ring (bicyclic) bond motifs is 2. The molecule has 10 atom stereocenters. The second-order valence-corrected chi connectivity index (χ2v) is 19.9. The molecule has 0 amide bonds. The average Bonchev–Trinajstić information content (AvgIpc) is 3.97. The van der Waals surface area contributed by atoms with E-state index in [1.54, 1.807) is 21.6 Å². The fourth-order valence-electron chi connectivity index (χ4n) is 6.57. The van der Waals surface area contributed by atoms with Crippen LogP contribution in [0.5, 0.6) is 0 Å². The molecule has 2 saturated heterocycles. The number of nitrogens with one attached hydrogen (secondary N) is 2. The van der Waals surface area contributed by atoms with Crippen LogP contribution in [0.2, 0.25) is 0 Å². The molecule has 0 aliphatic carbocycles. The smallest absolute Gasteiger partial charge is 0.387 e. The van der Waals surface area contributed by atoms with Crippen molar-refractivity contribution < 1.29 is 66.9 Å². The summed E-state index contributed by atoms with van der Waals surface area (Å²) in [7, 11) is -5.47. The van der Waals surface area contributed by atoms with E-state index in [2.05, 4.69) is 29.9 Å². The number of rotatable bonds is 25. The van der Waals surface area contributed by atoms with Crippen LogP contribution in [0.25, 0.3) is 22.3 Å². The van der Waals surface area contributed by atoms with Gasteiger partial charge in [0.25, 0.3) is 11.1 Å². The molecule has 2 unspecified atom stereocenters. The Morgan fingerprint density at radius 1 is 0.629 bits per heavy atom. The second-order valence-electron chi connectivity index (χ2n) is 14.3. The zero-order valence-corrected chi connectivity index (χ0v) is 36.4. The van der Waals surface area contributed by atoms with Crippen LogP contribution in [0.4, 0.5) is 11.9 Å². The Morgan fingerprint density at radius 2 is 1.02 bits per heavy atom. The van der Waals surface area contributed by atoms with Crippen LogP contribution in [0.3, 0.4) is 0 Å². The predicted molar refractivity (Wildman–Crippen MR) is 222 cm³/mol. The zero-order chi connectivity index (χ0) is 44.6. The summed E-state index contributed by atoms with van der Waals surface area (Å²) in [4.78, 5) is 64.9. The topological polar surface area (TPSA) is 390 Å². The number of hydrogen-bond donors (Lipinski definition) is 10. The first-order valence-electron chi connectivity index (χ1n) is 19.5. The molecule has 4 aromatic heterocycles. The van der Waals surface area contributed by atoms with Crippen LogP contribution < -0.4 is 22.6 Å². The summed E-state index contributed by atoms with van der Waals surface area (Å²) in [5.74, 6) is 1.48. The normalized spacial score (nSPS) is 26.1. The number of aliphatic hydroxyl groups excluding tert-OH is 4. The third-order valence-corrected chi connectivity index (χ3v) is 14.3. The Kier molecular flexibility index (Phi) is 17.0. The molecule has 0 radical (unpaired) electrons. The third-order valence-electron chi connectivity index (χ3n) is 9.76. The van der Waals surface area contributed by atoms with Gasteiger partial charge in [-0.1, -0.05) is 47.3 Å². The zero-order valence-electron chi connectivity index (χ0n) is 33.0. The maximum absolute atomic E-state index is 12.4. The van der Waals surface area contributed by atoms with Gasteiger partial charge in [0, 0.05) is 11.5 Å². The van der Waals surface area contributed by atoms with Crippen molar-refractivity contribution in [3.8, 4) is 0 Å². The van der Waals surface area contributed by atoms with Crippen LogP contribution >= 0.6 is 37.2 Å². The van der Waals surface area contributed by atoms with Crippen molar-refractivity contribution in [3.63, 3.8) is 0 Å². The lowest BCUT2D eigenvalue weighted by Crippen LogP contribution is -2.33. The standard InChI is InChI=1S/C32H50N10O16P2S2/c33-31-37-25-19(27(47)39-31)35-15-41(25)29-23(45)21(43)17(57-29)13-55-59(49,50)53-9-5-1-3-7-11-61-62-12-8-4-2-6-10-54-60(51,52)56-14-18-22(44)24(46)30(58-18)42-16-36-20-26(42)38-32(34)40-28(20)48/h15-18,21-24,29-30,43-46H,1-14H2,(H,49,50)(H,51,52)(H3,33,37,39,47)(H3,34,38,40,48)/t17-,18-,21-,22-,23-,24-,29-,30-/m1/s1. The van der Waals surface area contributed by atoms with Gasteiger partial charge in [0.15, 0.2) is 34.8 Å². The summed E-state index contributed by atoms with van der Waals surface area (Å²) in [6.45, 7) is -1.18. The fraction of sp³-hybridized carbons (Fsp3) is 0.688. The highest BCUT2D eigenvalue weighted by molar-refractivity contribution is 8.76. The van der Waals surface area contributed by atoms with Crippen molar-refractivity contribution in [2.75, 3.05) is 49.4 Å². The summed E-state index contributed by atoms with van der Waals surface area (Å²) < 4.78 is 58.8. The molecule has 2 aliphatic rings. The van der Waals surface area contributed by atoms with Crippen molar-refractivity contribution in [2.24, 2.45) is 0 Å². The molecule has 6 rings (SSSR count). The highest BCUT2D eigenvalue weighted by Crippen LogP contribution is 2.46. The van der Waals surface area contributed by atoms with E-state index < -0.39 is 89.1 Å². The third kappa shape index (κ3) is 12.4. The fourth-order valence-corrected chi connectivity index (χ4v) is 10.4. The number of H-pyrrole nitrogens is 2. The van der Waals surface area contributed by atoms with Crippen LogP contribution in [0.1, 0.15) is 63.8 Å². The second kappa shape index (κ2) is 21.8. The van der Waals surface area contributed by atoms with Crippen LogP contribution in [0, 0.1) is 0 Å². The number of nitrogens with zero attached hydrogens (tertiary/aromatic N) is 6. The van der Waals surface area contributed by atoms with Crippen LogP contribution in [0.15, 0.2) is 22.2 Å². The number of nitrogens with two attached hydrogens (primary N) is 2. The Labute approximate surface area is 359 Å². The summed E-state index contributed by atoms with van der Waals surface area (Å²) in [6.07, 6.45) is -2.23. The molecule has 0 saturated carbocycles. The molecule has 30 heteroatoms. The van der Waals surface area contributed by atoms with Gasteiger partial charge in [-0.3, -0.25) is 46.8 Å². The molecule has 0 spiro atoms. The molecule has 2 fully saturated rings. The Morgan fingerprint density at radius 3 is 1.42 bits per heavy atom. The predicted octanol–water partition coefficient (Wildman–Crippen LogP) is 0.425. The lowest BCUT2D eigenvalue weighted by molar-refractivity contribution is -0.0514. The van der Waals surface area contributed by atoms with Gasteiger partial charge in [0.2, 0.25) is 11.9 Å². The highest BCUT2D eigenvalue weighted by Gasteiger charge is 2.47. The van der Waals surface area contributed by atoms with Gasteiger partial charge < -0.3 is 51.2 Å². The number of phosphoric ester groups is 2. The molecule has 346 valence electrons. The number of imidazole rings is 2. The number of aromatic amines is 2. The molecule has 0 aromatic carbocycles. The first kappa shape index (κ1) is 48.4. The van der Waals surface area contributed by atoms with E-state index in [1.807, 2.05) is 0 Å². The molecule has 62 heavy (non-hydrogen) atoms. The number of hydrogen-bond acceptors (Lipinski definition) is 22. The molecule has 12 N–H and O–H groups in total. The molecule has 26 nitrogen and oxygen atoms in total. The first-order valence-corrected chi connectivity index (χ1v) is 25.0. The Hall–Kier alpha value is -3.02. The summed E-state index contributed by atoms with van der Waals surface area (Å²) in [5.41, 5.74) is 9.95. The van der Waals surface area contributed by atoms with Crippen LogP contribution in [-0.2, 0) is 36.7 Å². The molecular weight excluding hydrogens is 906 g/mol. The van der Waals surface area contributed by atoms with E-state index in [-0.39, 0.29) is 47.4 Å². The molecule has 6 heterocycles. The number of phosphoric acid groups is 2. The van der Waals surface area contributed by atoms with Gasteiger partial charge in [0.1, 0.15) is 36.6 Å². The van der Waals surface area contributed by atoms with Crippen molar-refractivity contribution >= 4 is 71.5 Å². The number of ether oxygens (including phenoxy) is 2. The number of aromatic nitrogens is 8. The molecule has 0 bridgehead atoms. The Bertz CT molecular complexity index is 2160. The van der Waals surface area contributed by atoms with Crippen molar-refractivity contribution in [1.82, 2.24) is 39.0 Å². The van der Waals surface area contributed by atoms with E-state index in [0.29, 0.717) is 12.8 Å². The van der Waals surface area contributed by atoms with Crippen molar-refractivity contribution in [3.05, 3.63) is 33.4 Å². The van der Waals surface area contributed by atoms with E-state index in [4.69, 9.17) is 39.0 Å². The van der Waals surface area contributed by atoms with E-state index in [0.717, 1.165) is 50.0 Å². The van der Waals surface area contributed by atoms with Crippen molar-refractivity contribution in [2.45, 2.75) is 100 Å². The van der Waals surface area contributed by atoms with Gasteiger partial charge in [0.05, 0.1) is 39.1 Å². The summed E-state index contributed by atoms with van der Waals surface area (Å²) in [6, 6.07) is 0. The molecule has 2 aliphatic heterocycles. The minimum atomic E-state index is -4.49. The summed E-state index contributed by atoms with van der Waals surface area (Å²) >= 11 is 0. The van der Waals surface area contributed by atoms with Crippen molar-refractivity contribution in [1.29, 1.82) is 0 Å². The van der Waals surface area contributed by atoms with Gasteiger partial charge in [-0.05, 0) is 25.7 Å². The van der Waals surface area contributed by atoms with E-state index >= 15 is 0 Å². The minimum absolute atomic E-state index is 0.0179. The average molecular weight is 957 g/mol. The minimum Gasteiger partial charge on any atom is -0.387 e. The first-order chi connectivity index (χ1) is 29.5. The SMILES string of the molecule is Nc1nc2c(ncn2[C@@H]2O[C@H](COP(=O)(O)OCCCCCCSSCCCCCCOP(=O)(O)OC[C@H]3O[C@@H](n4cnc5c(=O)[nH]c(N)nc54)[C@H](O)[C@@H]3O)[C@@H](O)[C@H]2O)c(=O)[nH]1. The Balaban J connectivity index is 0.743. The highest BCUT2D eigenvalue weighted by atomic mass is 33.1. The molecule has 4 aromatic rings. The van der Waals surface area contributed by atoms with E-state index in [9.17, 15) is 48.9 Å². The van der Waals surface area contributed by atoms with Crippen LogP contribution in [-0.4, -0.2) is 144 Å². The number of nitrogen functional groups attached to an aromatic ring is 2. The quantitative estimate of drug-likeness (QED) is 0.0244. The van der Waals surface area contributed by atoms with Gasteiger partial charge >= 0.3 is 15.6 Å².